The summed E-state index contributed by atoms with van der Waals surface area (Å²) in [5.74, 6) is 1.95. The Balaban J connectivity index is 2.14. The van der Waals surface area contributed by atoms with Crippen molar-refractivity contribution < 1.29 is 0 Å². The van der Waals surface area contributed by atoms with E-state index >= 15 is 0 Å². The van der Waals surface area contributed by atoms with Gasteiger partial charge in [-0.15, -0.1) is 0 Å². The maximum absolute atomic E-state index is 3.86. The Labute approximate surface area is 115 Å². The molecular formula is C17H35N. The summed E-state index contributed by atoms with van der Waals surface area (Å²) in [4.78, 5) is 0. The number of unbranched alkanes of at least 4 members (excludes halogenated alkanes) is 4. The zero-order valence-corrected chi connectivity index (χ0v) is 13.0. The zero-order valence-electron chi connectivity index (χ0n) is 13.0. The van der Waals surface area contributed by atoms with Crippen LogP contribution < -0.4 is 5.32 Å². The fraction of sp³-hybridized carbons (Fsp3) is 1.00. The van der Waals surface area contributed by atoms with E-state index in [0.717, 1.165) is 17.9 Å². The predicted molar refractivity (Wildman–Crippen MR) is 82.0 cm³/mol. The van der Waals surface area contributed by atoms with Crippen molar-refractivity contribution in [3.63, 3.8) is 0 Å². The molecule has 1 saturated carbocycles. The van der Waals surface area contributed by atoms with E-state index in [4.69, 9.17) is 0 Å². The van der Waals surface area contributed by atoms with Gasteiger partial charge in [-0.05, 0) is 44.1 Å². The van der Waals surface area contributed by atoms with E-state index in [1.165, 1.54) is 70.8 Å². The molecule has 0 aromatic rings. The summed E-state index contributed by atoms with van der Waals surface area (Å²) >= 11 is 0. The van der Waals surface area contributed by atoms with Gasteiger partial charge in [0.25, 0.3) is 0 Å². The Morgan fingerprint density at radius 2 is 1.50 bits per heavy atom. The van der Waals surface area contributed by atoms with Gasteiger partial charge in [-0.2, -0.15) is 0 Å². The summed E-state index contributed by atoms with van der Waals surface area (Å²) in [5, 5.41) is 3.86. The summed E-state index contributed by atoms with van der Waals surface area (Å²) in [5.41, 5.74) is 0. The third-order valence-corrected chi connectivity index (χ3v) is 4.47. The van der Waals surface area contributed by atoms with Crippen LogP contribution in [0.3, 0.4) is 0 Å². The SMILES string of the molecule is CCCCCC(CCCCC)NCC(C)C1CC1. The second kappa shape index (κ2) is 9.83. The third kappa shape index (κ3) is 7.41. The van der Waals surface area contributed by atoms with E-state index in [1.54, 1.807) is 0 Å². The smallest absolute Gasteiger partial charge is 0.00671 e. The van der Waals surface area contributed by atoms with Crippen LogP contribution in [0, 0.1) is 11.8 Å². The molecular weight excluding hydrogens is 218 g/mol. The molecule has 0 spiro atoms. The molecule has 0 heterocycles. The lowest BCUT2D eigenvalue weighted by Crippen LogP contribution is -2.33. The molecule has 0 saturated heterocycles. The van der Waals surface area contributed by atoms with Crippen molar-refractivity contribution in [3.05, 3.63) is 0 Å². The highest BCUT2D eigenvalue weighted by molar-refractivity contribution is 4.81. The zero-order chi connectivity index (χ0) is 13.2. The quantitative estimate of drug-likeness (QED) is 0.474. The monoisotopic (exact) mass is 253 g/mol. The van der Waals surface area contributed by atoms with Crippen LogP contribution in [0.15, 0.2) is 0 Å². The molecule has 1 aliphatic carbocycles. The maximum Gasteiger partial charge on any atom is 0.00671 e. The van der Waals surface area contributed by atoms with Gasteiger partial charge in [-0.1, -0.05) is 59.3 Å². The lowest BCUT2D eigenvalue weighted by atomic mass is 10.00. The van der Waals surface area contributed by atoms with Crippen molar-refractivity contribution in [2.75, 3.05) is 6.54 Å². The molecule has 0 radical (unpaired) electrons. The van der Waals surface area contributed by atoms with Gasteiger partial charge in [0, 0.05) is 6.04 Å². The Bertz CT molecular complexity index is 176. The first kappa shape index (κ1) is 16.0. The minimum Gasteiger partial charge on any atom is -0.314 e. The summed E-state index contributed by atoms with van der Waals surface area (Å²) in [7, 11) is 0. The number of hydrogen-bond acceptors (Lipinski definition) is 1. The Morgan fingerprint density at radius 1 is 0.944 bits per heavy atom. The van der Waals surface area contributed by atoms with Gasteiger partial charge < -0.3 is 5.32 Å². The van der Waals surface area contributed by atoms with Gasteiger partial charge in [-0.25, -0.2) is 0 Å². The van der Waals surface area contributed by atoms with E-state index < -0.39 is 0 Å². The summed E-state index contributed by atoms with van der Waals surface area (Å²) in [6, 6.07) is 0.796. The van der Waals surface area contributed by atoms with Crippen molar-refractivity contribution in [1.29, 1.82) is 0 Å². The molecule has 1 rings (SSSR count). The molecule has 0 aliphatic heterocycles. The lowest BCUT2D eigenvalue weighted by Gasteiger charge is -2.21. The van der Waals surface area contributed by atoms with Crippen molar-refractivity contribution in [1.82, 2.24) is 5.32 Å². The predicted octanol–water partition coefficient (Wildman–Crippen LogP) is 5.15. The standard InChI is InChI=1S/C17H35N/c1-4-6-8-10-17(11-9-7-5-2)18-14-15(3)16-12-13-16/h15-18H,4-14H2,1-3H3. The molecule has 1 N–H and O–H groups in total. The van der Waals surface area contributed by atoms with Gasteiger partial charge in [0.2, 0.25) is 0 Å². The van der Waals surface area contributed by atoms with Crippen LogP contribution in [0.1, 0.15) is 85.0 Å². The van der Waals surface area contributed by atoms with Gasteiger partial charge in [0.15, 0.2) is 0 Å². The molecule has 1 atom stereocenters. The molecule has 1 fully saturated rings. The fourth-order valence-corrected chi connectivity index (χ4v) is 2.81. The van der Waals surface area contributed by atoms with Crippen molar-refractivity contribution in [2.45, 2.75) is 91.0 Å². The average Bonchev–Trinajstić information content (AvgIpc) is 3.19. The van der Waals surface area contributed by atoms with Gasteiger partial charge in [0.05, 0.1) is 0 Å². The molecule has 1 aliphatic rings. The van der Waals surface area contributed by atoms with E-state index in [2.05, 4.69) is 26.1 Å². The van der Waals surface area contributed by atoms with Crippen LogP contribution in [0.25, 0.3) is 0 Å². The van der Waals surface area contributed by atoms with Crippen LogP contribution >= 0.6 is 0 Å². The van der Waals surface area contributed by atoms with Crippen LogP contribution in [-0.2, 0) is 0 Å². The van der Waals surface area contributed by atoms with Crippen LogP contribution in [0.2, 0.25) is 0 Å². The summed E-state index contributed by atoms with van der Waals surface area (Å²) in [6.45, 7) is 8.29. The summed E-state index contributed by atoms with van der Waals surface area (Å²) < 4.78 is 0. The summed E-state index contributed by atoms with van der Waals surface area (Å²) in [6.07, 6.45) is 14.1. The lowest BCUT2D eigenvalue weighted by molar-refractivity contribution is 0.371. The van der Waals surface area contributed by atoms with E-state index in [-0.39, 0.29) is 0 Å². The average molecular weight is 253 g/mol. The largest absolute Gasteiger partial charge is 0.314 e. The maximum atomic E-state index is 3.86. The van der Waals surface area contributed by atoms with Gasteiger partial charge in [0.1, 0.15) is 0 Å². The van der Waals surface area contributed by atoms with E-state index in [0.29, 0.717) is 0 Å². The number of hydrogen-bond donors (Lipinski definition) is 1. The first-order valence-corrected chi connectivity index (χ1v) is 8.51. The first-order chi connectivity index (χ1) is 8.77. The van der Waals surface area contributed by atoms with E-state index in [1.807, 2.05) is 0 Å². The molecule has 108 valence electrons. The molecule has 0 amide bonds. The molecule has 18 heavy (non-hydrogen) atoms. The Morgan fingerprint density at radius 3 is 1.94 bits per heavy atom. The fourth-order valence-electron chi connectivity index (χ4n) is 2.81. The van der Waals surface area contributed by atoms with E-state index in [9.17, 15) is 0 Å². The normalized spacial score (nSPS) is 17.3. The second-order valence-electron chi connectivity index (χ2n) is 6.41. The third-order valence-electron chi connectivity index (χ3n) is 4.47. The molecule has 0 aromatic carbocycles. The van der Waals surface area contributed by atoms with Crippen LogP contribution in [0.4, 0.5) is 0 Å². The van der Waals surface area contributed by atoms with Crippen molar-refractivity contribution in [3.8, 4) is 0 Å². The number of nitrogens with one attached hydrogen (secondary N) is 1. The number of rotatable bonds is 12. The molecule has 1 nitrogen and oxygen atoms in total. The first-order valence-electron chi connectivity index (χ1n) is 8.51. The molecule has 0 bridgehead atoms. The Kier molecular flexibility index (Phi) is 8.75. The van der Waals surface area contributed by atoms with Crippen LogP contribution in [0.5, 0.6) is 0 Å². The van der Waals surface area contributed by atoms with Crippen molar-refractivity contribution >= 4 is 0 Å². The van der Waals surface area contributed by atoms with Gasteiger partial charge >= 0.3 is 0 Å². The molecule has 1 heteroatoms. The molecule has 0 aromatic heterocycles. The Hall–Kier alpha value is -0.0400. The highest BCUT2D eigenvalue weighted by Crippen LogP contribution is 2.36. The highest BCUT2D eigenvalue weighted by atomic mass is 14.9. The van der Waals surface area contributed by atoms with Gasteiger partial charge in [-0.3, -0.25) is 0 Å². The van der Waals surface area contributed by atoms with Crippen molar-refractivity contribution in [2.24, 2.45) is 11.8 Å². The minimum atomic E-state index is 0.796. The highest BCUT2D eigenvalue weighted by Gasteiger charge is 2.27. The topological polar surface area (TPSA) is 12.0 Å². The second-order valence-corrected chi connectivity index (χ2v) is 6.41. The minimum absolute atomic E-state index is 0.796. The molecule has 1 unspecified atom stereocenters. The van der Waals surface area contributed by atoms with Crippen LogP contribution in [-0.4, -0.2) is 12.6 Å².